The zero-order chi connectivity index (χ0) is 23.7. The molecular weight excluding hydrogens is 450 g/mol. The van der Waals surface area contributed by atoms with Gasteiger partial charge >= 0.3 is 0 Å². The normalized spacial score (nSPS) is 12.8. The SMILES string of the molecule is CNC(=O)c1nnc2cc1Nc1cc(cc(-c3ncn(C)n3)c1C)CSCc1cccc(n1)N2. The number of anilines is 4. The summed E-state index contributed by atoms with van der Waals surface area (Å²) in [5.74, 6) is 2.99. The molecule has 34 heavy (non-hydrogen) atoms. The van der Waals surface area contributed by atoms with Crippen molar-refractivity contribution < 1.29 is 4.79 Å². The van der Waals surface area contributed by atoms with E-state index in [0.29, 0.717) is 23.1 Å². The molecule has 172 valence electrons. The number of carbonyl (C=O) groups is 1. The van der Waals surface area contributed by atoms with E-state index < -0.39 is 0 Å². The number of pyridine rings is 1. The Balaban J connectivity index is 1.67. The number of hydrogen-bond acceptors (Lipinski definition) is 9. The highest BCUT2D eigenvalue weighted by Crippen LogP contribution is 2.34. The molecule has 11 heteroatoms. The Morgan fingerprint density at radius 3 is 2.76 bits per heavy atom. The fourth-order valence-electron chi connectivity index (χ4n) is 3.70. The molecule has 1 aliphatic heterocycles. The Kier molecular flexibility index (Phi) is 5.84. The maximum Gasteiger partial charge on any atom is 0.273 e. The van der Waals surface area contributed by atoms with Crippen molar-refractivity contribution in [1.29, 1.82) is 0 Å². The average Bonchev–Trinajstić information content (AvgIpc) is 3.26. The number of nitrogens with zero attached hydrogens (tertiary/aromatic N) is 6. The van der Waals surface area contributed by atoms with Crippen LogP contribution in [0.15, 0.2) is 42.7 Å². The summed E-state index contributed by atoms with van der Waals surface area (Å²) in [6, 6.07) is 11.8. The van der Waals surface area contributed by atoms with E-state index >= 15 is 0 Å². The van der Waals surface area contributed by atoms with E-state index in [-0.39, 0.29) is 11.6 Å². The van der Waals surface area contributed by atoms with Crippen LogP contribution in [0.5, 0.6) is 0 Å². The summed E-state index contributed by atoms with van der Waals surface area (Å²) in [6.07, 6.45) is 1.68. The summed E-state index contributed by atoms with van der Waals surface area (Å²) in [5.41, 5.74) is 5.52. The topological polar surface area (TPSA) is 123 Å². The summed E-state index contributed by atoms with van der Waals surface area (Å²) in [6.45, 7) is 2.01. The summed E-state index contributed by atoms with van der Waals surface area (Å²) >= 11 is 1.77. The van der Waals surface area contributed by atoms with Gasteiger partial charge in [0.15, 0.2) is 17.3 Å². The molecule has 5 rings (SSSR count). The number of aromatic nitrogens is 6. The van der Waals surface area contributed by atoms with Gasteiger partial charge < -0.3 is 16.0 Å². The fourth-order valence-corrected chi connectivity index (χ4v) is 4.57. The van der Waals surface area contributed by atoms with E-state index in [2.05, 4.69) is 53.3 Å². The lowest BCUT2D eigenvalue weighted by atomic mass is 10.0. The quantitative estimate of drug-likeness (QED) is 0.401. The molecule has 10 nitrogen and oxygen atoms in total. The van der Waals surface area contributed by atoms with Gasteiger partial charge in [0.25, 0.3) is 5.91 Å². The van der Waals surface area contributed by atoms with E-state index in [1.807, 2.05) is 32.2 Å². The van der Waals surface area contributed by atoms with Crippen LogP contribution >= 0.6 is 11.8 Å². The molecule has 4 heterocycles. The monoisotopic (exact) mass is 473 g/mol. The third-order valence-corrected chi connectivity index (χ3v) is 6.43. The van der Waals surface area contributed by atoms with Crippen LogP contribution in [0.3, 0.4) is 0 Å². The molecule has 1 amide bonds. The zero-order valence-corrected chi connectivity index (χ0v) is 19.8. The molecule has 3 aromatic heterocycles. The largest absolute Gasteiger partial charge is 0.354 e. The third kappa shape index (κ3) is 4.42. The minimum atomic E-state index is -0.334. The number of aryl methyl sites for hydroxylation is 1. The van der Waals surface area contributed by atoms with Crippen LogP contribution in [0.4, 0.5) is 23.0 Å². The van der Waals surface area contributed by atoms with Crippen LogP contribution < -0.4 is 16.0 Å². The van der Waals surface area contributed by atoms with Crippen molar-refractivity contribution in [1.82, 2.24) is 35.3 Å². The molecule has 0 radical (unpaired) electrons. The maximum atomic E-state index is 12.5. The van der Waals surface area contributed by atoms with Gasteiger partial charge in [0.1, 0.15) is 12.1 Å². The van der Waals surface area contributed by atoms with Crippen molar-refractivity contribution in [3.63, 3.8) is 0 Å². The second kappa shape index (κ2) is 9.10. The van der Waals surface area contributed by atoms with Crippen molar-refractivity contribution in [2.24, 2.45) is 7.05 Å². The van der Waals surface area contributed by atoms with Gasteiger partial charge in [-0.05, 0) is 42.3 Å². The van der Waals surface area contributed by atoms with Gasteiger partial charge in [-0.1, -0.05) is 6.07 Å². The van der Waals surface area contributed by atoms with Crippen molar-refractivity contribution in [2.75, 3.05) is 17.7 Å². The Morgan fingerprint density at radius 2 is 1.97 bits per heavy atom. The number of hydrogen-bond donors (Lipinski definition) is 3. The van der Waals surface area contributed by atoms with Gasteiger partial charge in [-0.2, -0.15) is 16.9 Å². The molecule has 0 aliphatic carbocycles. The molecule has 6 bridgehead atoms. The molecule has 1 aromatic carbocycles. The first kappa shape index (κ1) is 21.8. The second-order valence-corrected chi connectivity index (χ2v) is 8.87. The van der Waals surface area contributed by atoms with Crippen LogP contribution in [-0.2, 0) is 18.6 Å². The number of thioether (sulfide) groups is 1. The van der Waals surface area contributed by atoms with Crippen molar-refractivity contribution in [3.8, 4) is 11.4 Å². The number of nitrogens with one attached hydrogen (secondary N) is 3. The number of rotatable bonds is 2. The predicted octanol–water partition coefficient (Wildman–Crippen LogP) is 3.57. The Bertz CT molecular complexity index is 1380. The molecular formula is C23H23N9OS. The minimum Gasteiger partial charge on any atom is -0.354 e. The summed E-state index contributed by atoms with van der Waals surface area (Å²) in [5, 5.41) is 22.1. The van der Waals surface area contributed by atoms with E-state index in [4.69, 9.17) is 0 Å². The van der Waals surface area contributed by atoms with E-state index in [1.54, 1.807) is 35.9 Å². The molecule has 3 N–H and O–H groups in total. The lowest BCUT2D eigenvalue weighted by molar-refractivity contribution is 0.0958. The Labute approximate surface area is 200 Å². The molecule has 4 aromatic rings. The number of carbonyl (C=O) groups excluding carboxylic acids is 1. The van der Waals surface area contributed by atoms with Gasteiger partial charge in [-0.25, -0.2) is 9.97 Å². The lowest BCUT2D eigenvalue weighted by Crippen LogP contribution is -2.21. The first-order chi connectivity index (χ1) is 16.5. The van der Waals surface area contributed by atoms with Crippen LogP contribution in [0.2, 0.25) is 0 Å². The van der Waals surface area contributed by atoms with Crippen LogP contribution in [0.25, 0.3) is 11.4 Å². The van der Waals surface area contributed by atoms with E-state index in [1.165, 1.54) is 0 Å². The average molecular weight is 474 g/mol. The minimum absolute atomic E-state index is 0.193. The maximum absolute atomic E-state index is 12.5. The standard InChI is InChI=1S/C23H23N9OS/c1-13-16(22-25-12-32(3)31-22)7-14-8-17(13)27-18-9-20(29-30-21(18)23(33)24-2)28-19-6-4-5-15(26-19)11-34-10-14/h4-9,12,27H,10-11H2,1-3H3,(H,24,33)(H,26,28,29). The molecule has 0 atom stereocenters. The van der Waals surface area contributed by atoms with Crippen LogP contribution in [0, 0.1) is 6.92 Å². The Morgan fingerprint density at radius 1 is 1.09 bits per heavy atom. The lowest BCUT2D eigenvalue weighted by Gasteiger charge is -2.17. The van der Waals surface area contributed by atoms with E-state index in [9.17, 15) is 4.79 Å². The van der Waals surface area contributed by atoms with Gasteiger partial charge in [0.2, 0.25) is 0 Å². The van der Waals surface area contributed by atoms with Gasteiger partial charge in [-0.3, -0.25) is 9.48 Å². The van der Waals surface area contributed by atoms with Crippen LogP contribution in [0.1, 0.15) is 27.3 Å². The highest BCUT2D eigenvalue weighted by Gasteiger charge is 2.19. The van der Waals surface area contributed by atoms with Gasteiger partial charge in [-0.15, -0.1) is 10.2 Å². The first-order valence-electron chi connectivity index (χ1n) is 10.7. The van der Waals surface area contributed by atoms with Crippen molar-refractivity contribution in [3.05, 3.63) is 65.2 Å². The smallest absolute Gasteiger partial charge is 0.273 e. The molecule has 0 saturated carbocycles. The summed E-state index contributed by atoms with van der Waals surface area (Å²) in [7, 11) is 3.41. The molecule has 0 spiro atoms. The fraction of sp³-hybridized carbons (Fsp3) is 0.217. The molecule has 0 fully saturated rings. The summed E-state index contributed by atoms with van der Waals surface area (Å²) in [4.78, 5) is 21.7. The highest BCUT2D eigenvalue weighted by atomic mass is 32.2. The van der Waals surface area contributed by atoms with Crippen LogP contribution in [-0.4, -0.2) is 42.9 Å². The van der Waals surface area contributed by atoms with Crippen molar-refractivity contribution >= 4 is 40.7 Å². The highest BCUT2D eigenvalue weighted by molar-refractivity contribution is 7.97. The first-order valence-corrected chi connectivity index (χ1v) is 11.8. The molecule has 0 saturated heterocycles. The molecule has 0 unspecified atom stereocenters. The zero-order valence-electron chi connectivity index (χ0n) is 19.0. The molecule has 1 aliphatic rings. The second-order valence-electron chi connectivity index (χ2n) is 7.89. The van der Waals surface area contributed by atoms with Gasteiger partial charge in [0.05, 0.1) is 11.4 Å². The number of fused-ring (bicyclic) bond motifs is 6. The predicted molar refractivity (Wildman–Crippen MR) is 132 cm³/mol. The Hall–Kier alpha value is -3.99. The van der Waals surface area contributed by atoms with E-state index in [0.717, 1.165) is 39.6 Å². The van der Waals surface area contributed by atoms with Gasteiger partial charge in [0, 0.05) is 42.9 Å². The third-order valence-electron chi connectivity index (χ3n) is 5.39. The number of benzene rings is 1. The summed E-state index contributed by atoms with van der Waals surface area (Å²) < 4.78 is 1.68. The number of amides is 1. The van der Waals surface area contributed by atoms with Crippen molar-refractivity contribution in [2.45, 2.75) is 18.4 Å².